The molecule has 0 unspecified atom stereocenters. The Labute approximate surface area is 162 Å². The fraction of sp³-hybridized carbons (Fsp3) is 0.619. The van der Waals surface area contributed by atoms with Gasteiger partial charge in [0, 0.05) is 50.4 Å². The van der Waals surface area contributed by atoms with E-state index >= 15 is 0 Å². The summed E-state index contributed by atoms with van der Waals surface area (Å²) in [6.45, 7) is 8.04. The van der Waals surface area contributed by atoms with E-state index in [0.29, 0.717) is 6.54 Å². The number of hydrogen-bond donors (Lipinski definition) is 2. The number of para-hydroxylation sites is 1. The summed E-state index contributed by atoms with van der Waals surface area (Å²) >= 11 is 0. The molecule has 1 saturated heterocycles. The maximum atomic E-state index is 12.1. The lowest BCUT2D eigenvalue weighted by Crippen LogP contribution is -2.50. The second-order valence-corrected chi connectivity index (χ2v) is 7.87. The first kappa shape index (κ1) is 19.5. The fourth-order valence-corrected chi connectivity index (χ4v) is 3.96. The molecule has 27 heavy (non-hydrogen) atoms. The highest BCUT2D eigenvalue weighted by molar-refractivity contribution is 5.78. The van der Waals surface area contributed by atoms with Crippen LogP contribution in [0.5, 0.6) is 0 Å². The highest BCUT2D eigenvalue weighted by Crippen LogP contribution is 2.27. The molecule has 0 bridgehead atoms. The number of nitrogens with one attached hydrogen (secondary N) is 2. The van der Waals surface area contributed by atoms with Gasteiger partial charge in [0.25, 0.3) is 0 Å². The summed E-state index contributed by atoms with van der Waals surface area (Å²) in [4.78, 5) is 28.4. The van der Waals surface area contributed by atoms with Crippen molar-refractivity contribution in [1.82, 2.24) is 15.5 Å². The van der Waals surface area contributed by atoms with Gasteiger partial charge in [0.05, 0.1) is 0 Å². The molecule has 3 amide bonds. The van der Waals surface area contributed by atoms with E-state index in [1.807, 2.05) is 18.7 Å². The number of carbonyl (C=O) groups excluding carboxylic acids is 2. The van der Waals surface area contributed by atoms with Crippen molar-refractivity contribution in [2.45, 2.75) is 45.6 Å². The van der Waals surface area contributed by atoms with Crippen LogP contribution in [-0.2, 0) is 11.2 Å². The molecule has 0 saturated carbocycles. The van der Waals surface area contributed by atoms with Crippen LogP contribution < -0.4 is 15.5 Å². The van der Waals surface area contributed by atoms with Crippen molar-refractivity contribution < 1.29 is 9.59 Å². The van der Waals surface area contributed by atoms with E-state index in [4.69, 9.17) is 0 Å². The van der Waals surface area contributed by atoms with E-state index < -0.39 is 0 Å². The lowest BCUT2D eigenvalue weighted by Gasteiger charge is -2.33. The number of rotatable bonds is 6. The summed E-state index contributed by atoms with van der Waals surface area (Å²) in [6.07, 6.45) is 3.71. The second-order valence-electron chi connectivity index (χ2n) is 7.87. The zero-order valence-corrected chi connectivity index (χ0v) is 16.5. The van der Waals surface area contributed by atoms with E-state index in [1.54, 1.807) is 0 Å². The number of carbonyl (C=O) groups is 2. The van der Waals surface area contributed by atoms with Crippen LogP contribution in [0.25, 0.3) is 0 Å². The SMILES string of the molecule is CC(C)C(=O)N1CCC(NC(=O)NCCCN2CCc3ccccc32)CC1. The zero-order chi connectivity index (χ0) is 19.2. The van der Waals surface area contributed by atoms with Gasteiger partial charge in [-0.1, -0.05) is 32.0 Å². The molecule has 1 fully saturated rings. The minimum atomic E-state index is -0.0922. The molecule has 0 aliphatic carbocycles. The molecule has 148 valence electrons. The van der Waals surface area contributed by atoms with Crippen LogP contribution in [0.15, 0.2) is 24.3 Å². The summed E-state index contributed by atoms with van der Waals surface area (Å²) in [5.41, 5.74) is 2.76. The second kappa shape index (κ2) is 9.11. The standard InChI is InChI=1S/C21H32N4O2/c1-16(2)20(26)25-14-9-18(10-15-25)23-21(27)22-11-5-12-24-13-8-17-6-3-4-7-19(17)24/h3-4,6-7,16,18H,5,8-15H2,1-2H3,(H2,22,23,27). The van der Waals surface area contributed by atoms with Crippen LogP contribution in [0, 0.1) is 5.92 Å². The van der Waals surface area contributed by atoms with Crippen molar-refractivity contribution in [2.24, 2.45) is 5.92 Å². The topological polar surface area (TPSA) is 64.7 Å². The minimum absolute atomic E-state index is 0.0420. The van der Waals surface area contributed by atoms with Gasteiger partial charge in [0.2, 0.25) is 5.91 Å². The number of nitrogens with zero attached hydrogens (tertiary/aromatic N) is 2. The smallest absolute Gasteiger partial charge is 0.315 e. The molecule has 2 aliphatic rings. The van der Waals surface area contributed by atoms with Crippen molar-refractivity contribution in [2.75, 3.05) is 37.6 Å². The molecule has 6 nitrogen and oxygen atoms in total. The molecule has 2 heterocycles. The largest absolute Gasteiger partial charge is 0.371 e. The van der Waals surface area contributed by atoms with Crippen LogP contribution in [-0.4, -0.2) is 55.6 Å². The number of hydrogen-bond acceptors (Lipinski definition) is 3. The quantitative estimate of drug-likeness (QED) is 0.754. The van der Waals surface area contributed by atoms with Gasteiger partial charge in [-0.2, -0.15) is 0 Å². The van der Waals surface area contributed by atoms with Gasteiger partial charge in [-0.25, -0.2) is 4.79 Å². The first-order valence-electron chi connectivity index (χ1n) is 10.2. The molecule has 1 aromatic rings. The maximum absolute atomic E-state index is 12.1. The minimum Gasteiger partial charge on any atom is -0.371 e. The Hall–Kier alpha value is -2.24. The fourth-order valence-electron chi connectivity index (χ4n) is 3.96. The number of fused-ring (bicyclic) bond motifs is 1. The van der Waals surface area contributed by atoms with Gasteiger partial charge in [-0.05, 0) is 37.3 Å². The molecule has 0 aromatic heterocycles. The Morgan fingerprint density at radius 3 is 2.63 bits per heavy atom. The van der Waals surface area contributed by atoms with Gasteiger partial charge in [0.1, 0.15) is 0 Å². The normalized spacial score (nSPS) is 17.1. The average molecular weight is 373 g/mol. The molecule has 1 aromatic carbocycles. The first-order valence-corrected chi connectivity index (χ1v) is 10.2. The van der Waals surface area contributed by atoms with E-state index in [2.05, 4.69) is 39.8 Å². The van der Waals surface area contributed by atoms with Gasteiger partial charge in [-0.15, -0.1) is 0 Å². The maximum Gasteiger partial charge on any atom is 0.315 e. The van der Waals surface area contributed by atoms with Crippen molar-refractivity contribution in [3.8, 4) is 0 Å². The van der Waals surface area contributed by atoms with Gasteiger partial charge < -0.3 is 20.4 Å². The van der Waals surface area contributed by atoms with Gasteiger partial charge in [-0.3, -0.25) is 4.79 Å². The Kier molecular flexibility index (Phi) is 6.58. The molecule has 0 atom stereocenters. The molecule has 6 heteroatoms. The number of piperidine rings is 1. The third-order valence-corrected chi connectivity index (χ3v) is 5.51. The molecule has 2 aliphatic heterocycles. The number of benzene rings is 1. The molecule has 0 spiro atoms. The summed E-state index contributed by atoms with van der Waals surface area (Å²) in [5, 5.41) is 6.02. The first-order chi connectivity index (χ1) is 13.0. The summed E-state index contributed by atoms with van der Waals surface area (Å²) < 4.78 is 0. The summed E-state index contributed by atoms with van der Waals surface area (Å²) in [6, 6.07) is 8.62. The highest BCUT2D eigenvalue weighted by Gasteiger charge is 2.25. The van der Waals surface area contributed by atoms with Crippen LogP contribution in [0.2, 0.25) is 0 Å². The van der Waals surface area contributed by atoms with E-state index in [0.717, 1.165) is 51.9 Å². The van der Waals surface area contributed by atoms with Gasteiger partial charge >= 0.3 is 6.03 Å². The van der Waals surface area contributed by atoms with Crippen molar-refractivity contribution >= 4 is 17.6 Å². The van der Waals surface area contributed by atoms with Crippen molar-refractivity contribution in [3.05, 3.63) is 29.8 Å². The summed E-state index contributed by atoms with van der Waals surface area (Å²) in [7, 11) is 0. The third-order valence-electron chi connectivity index (χ3n) is 5.51. The Balaban J connectivity index is 1.30. The molecular formula is C21H32N4O2. The number of urea groups is 1. The Morgan fingerprint density at radius 1 is 1.15 bits per heavy atom. The lowest BCUT2D eigenvalue weighted by atomic mass is 10.0. The third kappa shape index (κ3) is 5.15. The monoisotopic (exact) mass is 372 g/mol. The zero-order valence-electron chi connectivity index (χ0n) is 16.5. The van der Waals surface area contributed by atoms with E-state index in [-0.39, 0.29) is 23.9 Å². The predicted octanol–water partition coefficient (Wildman–Crippen LogP) is 2.39. The Bertz CT molecular complexity index is 653. The molecule has 0 radical (unpaired) electrons. The van der Waals surface area contributed by atoms with Crippen LogP contribution in [0.4, 0.5) is 10.5 Å². The van der Waals surface area contributed by atoms with Crippen molar-refractivity contribution in [1.29, 1.82) is 0 Å². The molecule has 3 rings (SSSR count). The number of anilines is 1. The predicted molar refractivity (Wildman–Crippen MR) is 108 cm³/mol. The summed E-state index contributed by atoms with van der Waals surface area (Å²) in [5.74, 6) is 0.252. The van der Waals surface area contributed by atoms with Crippen LogP contribution in [0.1, 0.15) is 38.7 Å². The van der Waals surface area contributed by atoms with Gasteiger partial charge in [0.15, 0.2) is 0 Å². The van der Waals surface area contributed by atoms with Crippen molar-refractivity contribution in [3.63, 3.8) is 0 Å². The number of likely N-dealkylation sites (tertiary alicyclic amines) is 1. The highest BCUT2D eigenvalue weighted by atomic mass is 16.2. The molecule has 2 N–H and O–H groups in total. The van der Waals surface area contributed by atoms with Crippen LogP contribution in [0.3, 0.4) is 0 Å². The molecular weight excluding hydrogens is 340 g/mol. The lowest BCUT2D eigenvalue weighted by molar-refractivity contribution is -0.135. The number of amides is 3. The average Bonchev–Trinajstić information content (AvgIpc) is 3.08. The van der Waals surface area contributed by atoms with Crippen LogP contribution >= 0.6 is 0 Å². The van der Waals surface area contributed by atoms with E-state index in [1.165, 1.54) is 11.3 Å². The van der Waals surface area contributed by atoms with E-state index in [9.17, 15) is 9.59 Å². The Morgan fingerprint density at radius 2 is 1.89 bits per heavy atom.